The Morgan fingerprint density at radius 2 is 1.80 bits per heavy atom. The first-order valence-electron chi connectivity index (χ1n) is 5.57. The molecule has 0 N–H and O–H groups in total. The number of hydrogen-bond acceptors (Lipinski definition) is 3. The van der Waals surface area contributed by atoms with E-state index in [0.29, 0.717) is 12.1 Å². The van der Waals surface area contributed by atoms with E-state index in [-0.39, 0.29) is 11.7 Å². The predicted octanol–water partition coefficient (Wildman–Crippen LogP) is 1.31. The van der Waals surface area contributed by atoms with Gasteiger partial charge in [0.15, 0.2) is 0 Å². The Morgan fingerprint density at radius 1 is 1.27 bits per heavy atom. The molecule has 0 aromatic rings. The molecular formula is C11H20N2O2. The third-order valence-corrected chi connectivity index (χ3v) is 2.98. The number of rotatable bonds is 0. The fraction of sp³-hybridized carbons (Fsp3) is 0.909. The van der Waals surface area contributed by atoms with E-state index < -0.39 is 0 Å². The second-order valence-corrected chi connectivity index (χ2v) is 5.65. The van der Waals surface area contributed by atoms with Crippen LogP contribution in [0.4, 0.5) is 4.79 Å². The van der Waals surface area contributed by atoms with Crippen LogP contribution in [0.5, 0.6) is 0 Å². The standard InChI is InChI=1S/C11H20N2O2/c1-11(2,3)15-10(14)13-8-5-9(13)7-12(4)6-8/h8-9H,5-7H2,1-4H3/t8-,9+. The van der Waals surface area contributed by atoms with Crippen LogP contribution in [0.15, 0.2) is 0 Å². The van der Waals surface area contributed by atoms with Gasteiger partial charge in [0.05, 0.1) is 12.1 Å². The predicted molar refractivity (Wildman–Crippen MR) is 57.8 cm³/mol. The van der Waals surface area contributed by atoms with Gasteiger partial charge in [-0.3, -0.25) is 4.90 Å². The Hall–Kier alpha value is -0.770. The van der Waals surface area contributed by atoms with Gasteiger partial charge < -0.3 is 9.64 Å². The van der Waals surface area contributed by atoms with Crippen LogP contribution in [0.3, 0.4) is 0 Å². The molecule has 3 aliphatic rings. The van der Waals surface area contributed by atoms with Gasteiger partial charge in [-0.1, -0.05) is 0 Å². The van der Waals surface area contributed by atoms with Gasteiger partial charge in [0.25, 0.3) is 0 Å². The van der Waals surface area contributed by atoms with Crippen LogP contribution in [-0.2, 0) is 4.74 Å². The molecule has 0 radical (unpaired) electrons. The van der Waals surface area contributed by atoms with E-state index >= 15 is 0 Å². The van der Waals surface area contributed by atoms with Crippen molar-refractivity contribution >= 4 is 6.09 Å². The average Bonchev–Trinajstić information content (AvgIpc) is 1.98. The largest absolute Gasteiger partial charge is 0.444 e. The minimum Gasteiger partial charge on any atom is -0.444 e. The molecule has 1 amide bonds. The molecule has 0 aromatic carbocycles. The van der Waals surface area contributed by atoms with Crippen molar-refractivity contribution in [1.82, 2.24) is 9.80 Å². The zero-order valence-electron chi connectivity index (χ0n) is 9.99. The summed E-state index contributed by atoms with van der Waals surface area (Å²) in [4.78, 5) is 16.0. The van der Waals surface area contributed by atoms with E-state index in [2.05, 4.69) is 11.9 Å². The van der Waals surface area contributed by atoms with Crippen molar-refractivity contribution in [3.05, 3.63) is 0 Å². The molecule has 3 saturated heterocycles. The van der Waals surface area contributed by atoms with Crippen LogP contribution < -0.4 is 0 Å². The molecule has 3 fully saturated rings. The van der Waals surface area contributed by atoms with Crippen molar-refractivity contribution in [3.63, 3.8) is 0 Å². The Balaban J connectivity index is 1.94. The maximum atomic E-state index is 11.8. The Kier molecular flexibility index (Phi) is 2.41. The van der Waals surface area contributed by atoms with Crippen LogP contribution in [0.2, 0.25) is 0 Å². The third-order valence-electron chi connectivity index (χ3n) is 2.98. The lowest BCUT2D eigenvalue weighted by atomic mass is 9.88. The quantitative estimate of drug-likeness (QED) is 0.607. The molecule has 4 nitrogen and oxygen atoms in total. The Morgan fingerprint density at radius 3 is 2.27 bits per heavy atom. The van der Waals surface area contributed by atoms with Crippen molar-refractivity contribution in [3.8, 4) is 0 Å². The molecule has 2 atom stereocenters. The topological polar surface area (TPSA) is 32.8 Å². The van der Waals surface area contributed by atoms with Crippen LogP contribution in [0.25, 0.3) is 0 Å². The first-order chi connectivity index (χ1) is 6.87. The highest BCUT2D eigenvalue weighted by atomic mass is 16.6. The summed E-state index contributed by atoms with van der Waals surface area (Å²) in [5.41, 5.74) is -0.382. The molecule has 0 aliphatic carbocycles. The lowest BCUT2D eigenvalue weighted by Gasteiger charge is -2.55. The molecule has 86 valence electrons. The molecule has 0 spiro atoms. The highest BCUT2D eigenvalue weighted by molar-refractivity contribution is 5.70. The number of nitrogens with zero attached hydrogens (tertiary/aromatic N) is 2. The summed E-state index contributed by atoms with van der Waals surface area (Å²) in [5, 5.41) is 0. The molecule has 0 aromatic heterocycles. The summed E-state index contributed by atoms with van der Waals surface area (Å²) < 4.78 is 5.38. The van der Waals surface area contributed by atoms with E-state index in [0.717, 1.165) is 19.5 Å². The maximum absolute atomic E-state index is 11.8. The molecule has 15 heavy (non-hydrogen) atoms. The Labute approximate surface area is 91.2 Å². The van der Waals surface area contributed by atoms with Gasteiger partial charge >= 0.3 is 6.09 Å². The Bertz CT molecular complexity index is 260. The summed E-state index contributed by atoms with van der Waals surface area (Å²) in [5.74, 6) is 0. The van der Waals surface area contributed by atoms with E-state index in [1.807, 2.05) is 25.7 Å². The van der Waals surface area contributed by atoms with Crippen molar-refractivity contribution < 1.29 is 9.53 Å². The van der Waals surface area contributed by atoms with E-state index in [1.54, 1.807) is 0 Å². The van der Waals surface area contributed by atoms with E-state index in [4.69, 9.17) is 4.74 Å². The minimum absolute atomic E-state index is 0.142. The van der Waals surface area contributed by atoms with Crippen LogP contribution in [0, 0.1) is 0 Å². The highest BCUT2D eigenvalue weighted by Crippen LogP contribution is 2.32. The van der Waals surface area contributed by atoms with Gasteiger partial charge in [-0.15, -0.1) is 0 Å². The molecule has 3 rings (SSSR count). The molecule has 3 heterocycles. The molecule has 0 unspecified atom stereocenters. The highest BCUT2D eigenvalue weighted by Gasteiger charge is 2.47. The summed E-state index contributed by atoms with van der Waals surface area (Å²) in [6, 6.07) is 0.757. The van der Waals surface area contributed by atoms with Gasteiger partial charge in [0.1, 0.15) is 5.60 Å². The van der Waals surface area contributed by atoms with Gasteiger partial charge in [-0.05, 0) is 34.2 Å². The summed E-state index contributed by atoms with van der Waals surface area (Å²) >= 11 is 0. The summed E-state index contributed by atoms with van der Waals surface area (Å²) in [7, 11) is 2.10. The first-order valence-corrected chi connectivity index (χ1v) is 5.57. The molecule has 0 saturated carbocycles. The first kappa shape index (κ1) is 10.7. The van der Waals surface area contributed by atoms with Crippen LogP contribution in [-0.4, -0.2) is 53.7 Å². The van der Waals surface area contributed by atoms with E-state index in [1.165, 1.54) is 0 Å². The molecular weight excluding hydrogens is 192 g/mol. The van der Waals surface area contributed by atoms with Crippen LogP contribution >= 0.6 is 0 Å². The van der Waals surface area contributed by atoms with Gasteiger partial charge in [-0.25, -0.2) is 4.79 Å². The molecule has 4 heteroatoms. The lowest BCUT2D eigenvalue weighted by molar-refractivity contribution is -0.0708. The lowest BCUT2D eigenvalue weighted by Crippen LogP contribution is -2.69. The molecule has 3 aliphatic heterocycles. The average molecular weight is 212 g/mol. The molecule has 2 bridgehead atoms. The fourth-order valence-electron chi connectivity index (χ4n) is 2.43. The van der Waals surface area contributed by atoms with Crippen molar-refractivity contribution in [1.29, 1.82) is 0 Å². The fourth-order valence-corrected chi connectivity index (χ4v) is 2.43. The van der Waals surface area contributed by atoms with Gasteiger partial charge in [-0.2, -0.15) is 0 Å². The second-order valence-electron chi connectivity index (χ2n) is 5.65. The third kappa shape index (κ3) is 2.09. The number of piperidine rings is 1. The number of carbonyl (C=O) groups excluding carboxylic acids is 1. The number of likely N-dealkylation sites (N-methyl/N-ethyl adjacent to an activating group) is 1. The zero-order valence-corrected chi connectivity index (χ0v) is 9.99. The SMILES string of the molecule is CN1C[C@H]2C[C@@H](C1)N2C(=O)OC(C)(C)C. The van der Waals surface area contributed by atoms with Crippen molar-refractivity contribution in [2.75, 3.05) is 20.1 Å². The normalized spacial score (nSPS) is 31.1. The summed E-state index contributed by atoms with van der Waals surface area (Å²) in [6.07, 6.45) is 1.00. The van der Waals surface area contributed by atoms with E-state index in [9.17, 15) is 4.79 Å². The van der Waals surface area contributed by atoms with Gasteiger partial charge in [0, 0.05) is 13.1 Å². The monoisotopic (exact) mass is 212 g/mol. The zero-order chi connectivity index (χ0) is 11.2. The number of carbonyl (C=O) groups is 1. The van der Waals surface area contributed by atoms with Crippen molar-refractivity contribution in [2.45, 2.75) is 44.9 Å². The number of ether oxygens (including phenoxy) is 1. The summed E-state index contributed by atoms with van der Waals surface area (Å²) in [6.45, 7) is 7.69. The number of hydrogen-bond donors (Lipinski definition) is 0. The maximum Gasteiger partial charge on any atom is 0.410 e. The number of fused-ring (bicyclic) bond motifs is 2. The number of piperazine rings is 1. The second kappa shape index (κ2) is 3.37. The van der Waals surface area contributed by atoms with Crippen LogP contribution in [0.1, 0.15) is 27.2 Å². The number of amides is 1. The van der Waals surface area contributed by atoms with Gasteiger partial charge in [0.2, 0.25) is 0 Å². The van der Waals surface area contributed by atoms with Crippen molar-refractivity contribution in [2.24, 2.45) is 0 Å². The minimum atomic E-state index is -0.382. The smallest absolute Gasteiger partial charge is 0.410 e.